The molecule has 2 heterocycles. The van der Waals surface area contributed by atoms with Crippen molar-refractivity contribution in [3.8, 4) is 0 Å². The Bertz CT molecular complexity index is 509. The second-order valence-corrected chi connectivity index (χ2v) is 5.42. The summed E-state index contributed by atoms with van der Waals surface area (Å²) in [6, 6.07) is 5.07. The van der Waals surface area contributed by atoms with Gasteiger partial charge in [0, 0.05) is 35.9 Å². The van der Waals surface area contributed by atoms with E-state index in [4.69, 9.17) is 5.73 Å². The summed E-state index contributed by atoms with van der Waals surface area (Å²) < 4.78 is 13.7. The van der Waals surface area contributed by atoms with E-state index in [2.05, 4.69) is 4.90 Å². The van der Waals surface area contributed by atoms with Gasteiger partial charge in [0.15, 0.2) is 0 Å². The molecule has 0 spiro atoms. The molecule has 2 N–H and O–H groups in total. The first-order valence-electron chi connectivity index (χ1n) is 6.54. The van der Waals surface area contributed by atoms with Gasteiger partial charge < -0.3 is 10.6 Å². The highest BCUT2D eigenvalue weighted by Gasteiger charge is 2.39. The molecule has 102 valence electrons. The topological polar surface area (TPSA) is 72.4 Å². The van der Waals surface area contributed by atoms with Gasteiger partial charge in [0.2, 0.25) is 5.82 Å². The third-order valence-corrected chi connectivity index (χ3v) is 4.20. The van der Waals surface area contributed by atoms with Crippen LogP contribution in [0.2, 0.25) is 0 Å². The van der Waals surface area contributed by atoms with Crippen LogP contribution in [0.4, 0.5) is 15.8 Å². The number of fused-ring (bicyclic) bond motifs is 2. The van der Waals surface area contributed by atoms with Crippen molar-refractivity contribution in [2.24, 2.45) is 5.73 Å². The van der Waals surface area contributed by atoms with Crippen molar-refractivity contribution in [1.29, 1.82) is 0 Å². The molecule has 1 aromatic carbocycles. The SMILES string of the molecule is NC1CC2CCC(C1)N2c1ccc([N+](=O)[O-])c(F)c1. The van der Waals surface area contributed by atoms with Gasteiger partial charge in [0.05, 0.1) is 4.92 Å². The largest absolute Gasteiger partial charge is 0.365 e. The van der Waals surface area contributed by atoms with Gasteiger partial charge in [-0.15, -0.1) is 0 Å². The molecule has 3 rings (SSSR count). The first kappa shape index (κ1) is 12.3. The van der Waals surface area contributed by atoms with Gasteiger partial charge >= 0.3 is 5.69 Å². The number of nitrogens with two attached hydrogens (primary N) is 1. The summed E-state index contributed by atoms with van der Waals surface area (Å²) in [5.74, 6) is -0.767. The van der Waals surface area contributed by atoms with Crippen molar-refractivity contribution in [2.75, 3.05) is 4.90 Å². The molecule has 2 aliphatic rings. The third-order valence-electron chi connectivity index (χ3n) is 4.20. The van der Waals surface area contributed by atoms with Crippen molar-refractivity contribution in [1.82, 2.24) is 0 Å². The van der Waals surface area contributed by atoms with Crippen LogP contribution in [-0.4, -0.2) is 23.0 Å². The summed E-state index contributed by atoms with van der Waals surface area (Å²) >= 11 is 0. The van der Waals surface area contributed by atoms with E-state index in [-0.39, 0.29) is 6.04 Å². The van der Waals surface area contributed by atoms with Crippen LogP contribution in [0.15, 0.2) is 18.2 Å². The van der Waals surface area contributed by atoms with E-state index in [1.54, 1.807) is 6.07 Å². The van der Waals surface area contributed by atoms with Crippen molar-refractivity contribution in [2.45, 2.75) is 43.8 Å². The summed E-state index contributed by atoms with van der Waals surface area (Å²) in [6.45, 7) is 0. The number of nitro groups is 1. The van der Waals surface area contributed by atoms with E-state index in [1.165, 1.54) is 12.1 Å². The Labute approximate surface area is 110 Å². The lowest BCUT2D eigenvalue weighted by molar-refractivity contribution is -0.387. The third kappa shape index (κ3) is 2.06. The van der Waals surface area contributed by atoms with Crippen molar-refractivity contribution in [3.63, 3.8) is 0 Å². The molecular formula is C13H16FN3O2. The Kier molecular flexibility index (Phi) is 2.89. The number of hydrogen-bond acceptors (Lipinski definition) is 4. The van der Waals surface area contributed by atoms with Crippen molar-refractivity contribution < 1.29 is 9.31 Å². The molecule has 2 saturated heterocycles. The zero-order chi connectivity index (χ0) is 13.6. The molecule has 2 fully saturated rings. The predicted molar refractivity (Wildman–Crippen MR) is 69.6 cm³/mol. The van der Waals surface area contributed by atoms with E-state index in [1.807, 2.05) is 0 Å². The first-order chi connectivity index (χ1) is 9.06. The fourth-order valence-corrected chi connectivity index (χ4v) is 3.45. The molecule has 0 aromatic heterocycles. The van der Waals surface area contributed by atoms with E-state index < -0.39 is 16.4 Å². The maximum absolute atomic E-state index is 13.7. The minimum Gasteiger partial charge on any atom is -0.365 e. The second-order valence-electron chi connectivity index (χ2n) is 5.42. The van der Waals surface area contributed by atoms with Gasteiger partial charge in [-0.05, 0) is 31.7 Å². The lowest BCUT2D eigenvalue weighted by Crippen LogP contribution is -2.47. The number of anilines is 1. The molecule has 2 unspecified atom stereocenters. The number of rotatable bonds is 2. The van der Waals surface area contributed by atoms with Gasteiger partial charge in [-0.25, -0.2) is 0 Å². The average molecular weight is 265 g/mol. The summed E-state index contributed by atoms with van der Waals surface area (Å²) in [4.78, 5) is 12.1. The van der Waals surface area contributed by atoms with Crippen LogP contribution in [0.25, 0.3) is 0 Å². The van der Waals surface area contributed by atoms with Crippen LogP contribution in [0, 0.1) is 15.9 Å². The number of nitrogens with zero attached hydrogens (tertiary/aromatic N) is 2. The van der Waals surface area contributed by atoms with Gasteiger partial charge in [-0.3, -0.25) is 10.1 Å². The Morgan fingerprint density at radius 3 is 2.47 bits per heavy atom. The summed E-state index contributed by atoms with van der Waals surface area (Å²) in [5.41, 5.74) is 6.27. The monoisotopic (exact) mass is 265 g/mol. The minimum absolute atomic E-state index is 0.219. The van der Waals surface area contributed by atoms with E-state index in [0.29, 0.717) is 12.1 Å². The van der Waals surface area contributed by atoms with Gasteiger partial charge in [-0.1, -0.05) is 0 Å². The van der Waals surface area contributed by atoms with E-state index in [9.17, 15) is 14.5 Å². The maximum atomic E-state index is 13.7. The Balaban J connectivity index is 1.91. The summed E-state index contributed by atoms with van der Waals surface area (Å²) in [7, 11) is 0. The normalized spacial score (nSPS) is 29.6. The number of piperidine rings is 1. The highest BCUT2D eigenvalue weighted by molar-refractivity contribution is 5.54. The van der Waals surface area contributed by atoms with E-state index in [0.717, 1.165) is 31.4 Å². The standard InChI is InChI=1S/C13H16FN3O2/c14-12-7-11(3-4-13(12)17(18)19)16-9-1-2-10(16)6-8(15)5-9/h3-4,7-10H,1-2,5-6,15H2. The molecule has 2 aliphatic heterocycles. The molecule has 5 nitrogen and oxygen atoms in total. The first-order valence-corrected chi connectivity index (χ1v) is 6.54. The van der Waals surface area contributed by atoms with Crippen molar-refractivity contribution >= 4 is 11.4 Å². The lowest BCUT2D eigenvalue weighted by Gasteiger charge is -2.39. The Morgan fingerprint density at radius 1 is 1.32 bits per heavy atom. The average Bonchev–Trinajstić information content (AvgIpc) is 2.61. The van der Waals surface area contributed by atoms with Crippen LogP contribution in [-0.2, 0) is 0 Å². The molecule has 0 saturated carbocycles. The highest BCUT2D eigenvalue weighted by atomic mass is 19.1. The van der Waals surface area contributed by atoms with Crippen molar-refractivity contribution in [3.05, 3.63) is 34.1 Å². The van der Waals surface area contributed by atoms with Crippen LogP contribution in [0.1, 0.15) is 25.7 Å². The fraction of sp³-hybridized carbons (Fsp3) is 0.538. The van der Waals surface area contributed by atoms with Crippen LogP contribution in [0.3, 0.4) is 0 Å². The van der Waals surface area contributed by atoms with Gasteiger partial charge in [0.25, 0.3) is 0 Å². The van der Waals surface area contributed by atoms with Crippen LogP contribution < -0.4 is 10.6 Å². The number of halogens is 1. The molecule has 0 amide bonds. The molecule has 1 aromatic rings. The molecule has 6 heteroatoms. The van der Waals surface area contributed by atoms with Crippen LogP contribution >= 0.6 is 0 Å². The quantitative estimate of drug-likeness (QED) is 0.657. The molecule has 2 bridgehead atoms. The Hall–Kier alpha value is -1.69. The molecule has 0 radical (unpaired) electrons. The minimum atomic E-state index is -0.767. The highest BCUT2D eigenvalue weighted by Crippen LogP contribution is 2.39. The molecule has 2 atom stereocenters. The lowest BCUT2D eigenvalue weighted by atomic mass is 9.97. The number of benzene rings is 1. The predicted octanol–water partition coefficient (Wildman–Crippen LogP) is 2.19. The zero-order valence-corrected chi connectivity index (χ0v) is 10.5. The zero-order valence-electron chi connectivity index (χ0n) is 10.5. The molecular weight excluding hydrogens is 249 g/mol. The Morgan fingerprint density at radius 2 is 1.95 bits per heavy atom. The maximum Gasteiger partial charge on any atom is 0.304 e. The van der Waals surface area contributed by atoms with Crippen LogP contribution in [0.5, 0.6) is 0 Å². The van der Waals surface area contributed by atoms with Gasteiger partial charge in [-0.2, -0.15) is 4.39 Å². The molecule has 19 heavy (non-hydrogen) atoms. The van der Waals surface area contributed by atoms with E-state index >= 15 is 0 Å². The molecule has 0 aliphatic carbocycles. The number of hydrogen-bond donors (Lipinski definition) is 1. The summed E-state index contributed by atoms with van der Waals surface area (Å²) in [5, 5.41) is 10.6. The fourth-order valence-electron chi connectivity index (χ4n) is 3.45. The number of nitro benzene ring substituents is 1. The smallest absolute Gasteiger partial charge is 0.304 e. The van der Waals surface area contributed by atoms with Gasteiger partial charge in [0.1, 0.15) is 0 Å². The summed E-state index contributed by atoms with van der Waals surface area (Å²) in [6.07, 6.45) is 3.96. The second kappa shape index (κ2) is 4.45.